The molecule has 0 bridgehead atoms. The summed E-state index contributed by atoms with van der Waals surface area (Å²) < 4.78 is 5.00. The molecule has 0 radical (unpaired) electrons. The predicted molar refractivity (Wildman–Crippen MR) is 57.4 cm³/mol. The lowest BCUT2D eigenvalue weighted by Gasteiger charge is -2.04. The standard InChI is InChI=1S/C11H11ClO3/c1-2-3-11(14)15-9-5-4-8(7-13)10(12)6-9/h4-7H,2-3H2,1H3. The van der Waals surface area contributed by atoms with Crippen molar-refractivity contribution in [2.24, 2.45) is 0 Å². The molecule has 1 rings (SSSR count). The molecule has 0 heterocycles. The van der Waals surface area contributed by atoms with Crippen LogP contribution in [-0.4, -0.2) is 12.3 Å². The summed E-state index contributed by atoms with van der Waals surface area (Å²) in [6.45, 7) is 1.89. The fraction of sp³-hybridized carbons (Fsp3) is 0.273. The minimum Gasteiger partial charge on any atom is -0.426 e. The number of carbonyl (C=O) groups is 2. The van der Waals surface area contributed by atoms with E-state index in [-0.39, 0.29) is 11.0 Å². The van der Waals surface area contributed by atoms with Gasteiger partial charge < -0.3 is 4.74 Å². The minimum absolute atomic E-state index is 0.284. The lowest BCUT2D eigenvalue weighted by molar-refractivity contribution is -0.134. The number of ether oxygens (including phenoxy) is 1. The fourth-order valence-electron chi connectivity index (χ4n) is 1.05. The molecule has 0 N–H and O–H groups in total. The van der Waals surface area contributed by atoms with E-state index in [2.05, 4.69) is 0 Å². The van der Waals surface area contributed by atoms with Crippen LogP contribution in [0.1, 0.15) is 30.1 Å². The summed E-state index contributed by atoms with van der Waals surface area (Å²) in [5, 5.41) is 0.284. The highest BCUT2D eigenvalue weighted by molar-refractivity contribution is 6.33. The smallest absolute Gasteiger partial charge is 0.311 e. The van der Waals surface area contributed by atoms with Crippen molar-refractivity contribution in [3.63, 3.8) is 0 Å². The van der Waals surface area contributed by atoms with Gasteiger partial charge in [-0.2, -0.15) is 0 Å². The van der Waals surface area contributed by atoms with Gasteiger partial charge in [0, 0.05) is 18.1 Å². The molecule has 1 aromatic carbocycles. The molecule has 0 aliphatic carbocycles. The van der Waals surface area contributed by atoms with Crippen LogP contribution in [0.15, 0.2) is 18.2 Å². The Labute approximate surface area is 93.0 Å². The third kappa shape index (κ3) is 3.36. The third-order valence-corrected chi connectivity index (χ3v) is 2.11. The summed E-state index contributed by atoms with van der Waals surface area (Å²) in [5.41, 5.74) is 0.381. The second-order valence-corrected chi connectivity index (χ2v) is 3.43. The average molecular weight is 227 g/mol. The van der Waals surface area contributed by atoms with Crippen molar-refractivity contribution in [1.82, 2.24) is 0 Å². The summed E-state index contributed by atoms with van der Waals surface area (Å²) in [7, 11) is 0. The Bertz CT molecular complexity index is 374. The Morgan fingerprint density at radius 2 is 2.27 bits per heavy atom. The predicted octanol–water partition coefficient (Wildman–Crippen LogP) is 2.86. The van der Waals surface area contributed by atoms with Crippen molar-refractivity contribution < 1.29 is 14.3 Å². The van der Waals surface area contributed by atoms with Crippen LogP contribution in [0.3, 0.4) is 0 Å². The van der Waals surface area contributed by atoms with Crippen LogP contribution in [0.2, 0.25) is 5.02 Å². The zero-order valence-electron chi connectivity index (χ0n) is 8.33. The van der Waals surface area contributed by atoms with E-state index < -0.39 is 0 Å². The van der Waals surface area contributed by atoms with Crippen LogP contribution >= 0.6 is 11.6 Å². The lowest BCUT2D eigenvalue weighted by Crippen LogP contribution is -2.06. The Hall–Kier alpha value is -1.35. The first kappa shape index (κ1) is 11.7. The van der Waals surface area contributed by atoms with Gasteiger partial charge in [-0.1, -0.05) is 18.5 Å². The molecule has 0 fully saturated rings. The van der Waals surface area contributed by atoms with Crippen LogP contribution in [0.5, 0.6) is 5.75 Å². The van der Waals surface area contributed by atoms with E-state index in [0.29, 0.717) is 24.0 Å². The second-order valence-electron chi connectivity index (χ2n) is 3.03. The monoisotopic (exact) mass is 226 g/mol. The third-order valence-electron chi connectivity index (χ3n) is 1.78. The van der Waals surface area contributed by atoms with Gasteiger partial charge in [-0.3, -0.25) is 9.59 Å². The van der Waals surface area contributed by atoms with E-state index in [1.165, 1.54) is 12.1 Å². The van der Waals surface area contributed by atoms with Crippen molar-refractivity contribution >= 4 is 23.9 Å². The van der Waals surface area contributed by atoms with Crippen molar-refractivity contribution in [2.45, 2.75) is 19.8 Å². The van der Waals surface area contributed by atoms with E-state index in [4.69, 9.17) is 16.3 Å². The Morgan fingerprint density at radius 3 is 2.80 bits per heavy atom. The Morgan fingerprint density at radius 1 is 1.53 bits per heavy atom. The summed E-state index contributed by atoms with van der Waals surface area (Å²) in [4.78, 5) is 21.6. The maximum Gasteiger partial charge on any atom is 0.311 e. The molecule has 0 aliphatic heterocycles. The summed E-state index contributed by atoms with van der Waals surface area (Å²) in [6.07, 6.45) is 1.76. The molecule has 0 unspecified atom stereocenters. The minimum atomic E-state index is -0.299. The SMILES string of the molecule is CCCC(=O)Oc1ccc(C=O)c(Cl)c1. The number of carbonyl (C=O) groups excluding carboxylic acids is 2. The molecule has 0 amide bonds. The Balaban J connectivity index is 2.75. The van der Waals surface area contributed by atoms with E-state index in [1.807, 2.05) is 6.92 Å². The van der Waals surface area contributed by atoms with Crippen LogP contribution < -0.4 is 4.74 Å². The van der Waals surface area contributed by atoms with Crippen molar-refractivity contribution in [2.75, 3.05) is 0 Å². The molecule has 0 aromatic heterocycles. The van der Waals surface area contributed by atoms with Gasteiger partial charge in [-0.25, -0.2) is 0 Å². The number of hydrogen-bond acceptors (Lipinski definition) is 3. The maximum absolute atomic E-state index is 11.1. The van der Waals surface area contributed by atoms with Gasteiger partial charge in [0.15, 0.2) is 6.29 Å². The first-order valence-corrected chi connectivity index (χ1v) is 5.00. The largest absolute Gasteiger partial charge is 0.426 e. The molecule has 3 nitrogen and oxygen atoms in total. The van der Waals surface area contributed by atoms with E-state index in [9.17, 15) is 9.59 Å². The molecule has 4 heteroatoms. The molecule has 80 valence electrons. The van der Waals surface area contributed by atoms with Crippen LogP contribution in [-0.2, 0) is 4.79 Å². The number of rotatable bonds is 4. The number of esters is 1. The summed E-state index contributed by atoms with van der Waals surface area (Å²) >= 11 is 5.77. The van der Waals surface area contributed by atoms with E-state index in [1.54, 1.807) is 6.07 Å². The van der Waals surface area contributed by atoms with Gasteiger partial charge in [0.25, 0.3) is 0 Å². The maximum atomic E-state index is 11.1. The van der Waals surface area contributed by atoms with Crippen molar-refractivity contribution in [3.05, 3.63) is 28.8 Å². The number of halogens is 1. The fourth-order valence-corrected chi connectivity index (χ4v) is 1.27. The van der Waals surface area contributed by atoms with E-state index in [0.717, 1.165) is 6.42 Å². The highest BCUT2D eigenvalue weighted by atomic mass is 35.5. The molecule has 0 aliphatic rings. The second kappa shape index (κ2) is 5.51. The molecular formula is C11H11ClO3. The molecule has 0 spiro atoms. The van der Waals surface area contributed by atoms with Gasteiger partial charge in [-0.05, 0) is 18.6 Å². The number of benzene rings is 1. The van der Waals surface area contributed by atoms with Gasteiger partial charge in [0.1, 0.15) is 5.75 Å². The van der Waals surface area contributed by atoms with E-state index >= 15 is 0 Å². The summed E-state index contributed by atoms with van der Waals surface area (Å²) in [5.74, 6) is 0.0662. The topological polar surface area (TPSA) is 43.4 Å². The first-order chi connectivity index (χ1) is 7.17. The van der Waals surface area contributed by atoms with Gasteiger partial charge in [-0.15, -0.1) is 0 Å². The Kier molecular flexibility index (Phi) is 4.31. The van der Waals surface area contributed by atoms with Crippen LogP contribution in [0.25, 0.3) is 0 Å². The molecule has 0 atom stereocenters. The molecule has 0 saturated heterocycles. The zero-order chi connectivity index (χ0) is 11.3. The van der Waals surface area contributed by atoms with Gasteiger partial charge in [0.05, 0.1) is 5.02 Å². The van der Waals surface area contributed by atoms with Gasteiger partial charge >= 0.3 is 5.97 Å². The number of aldehydes is 1. The lowest BCUT2D eigenvalue weighted by atomic mass is 10.2. The van der Waals surface area contributed by atoms with Crippen LogP contribution in [0, 0.1) is 0 Å². The van der Waals surface area contributed by atoms with Crippen molar-refractivity contribution in [3.8, 4) is 5.75 Å². The quantitative estimate of drug-likeness (QED) is 0.451. The van der Waals surface area contributed by atoms with Crippen molar-refractivity contribution in [1.29, 1.82) is 0 Å². The average Bonchev–Trinajstić information content (AvgIpc) is 2.18. The molecule has 15 heavy (non-hydrogen) atoms. The van der Waals surface area contributed by atoms with Crippen LogP contribution in [0.4, 0.5) is 0 Å². The molecule has 0 saturated carbocycles. The summed E-state index contributed by atoms with van der Waals surface area (Å²) in [6, 6.07) is 4.52. The molecular weight excluding hydrogens is 216 g/mol. The number of hydrogen-bond donors (Lipinski definition) is 0. The highest BCUT2D eigenvalue weighted by Crippen LogP contribution is 2.21. The molecule has 1 aromatic rings. The first-order valence-electron chi connectivity index (χ1n) is 4.62. The van der Waals surface area contributed by atoms with Gasteiger partial charge in [0.2, 0.25) is 0 Å². The normalized spacial score (nSPS) is 9.73. The highest BCUT2D eigenvalue weighted by Gasteiger charge is 2.05. The zero-order valence-corrected chi connectivity index (χ0v) is 9.08.